The van der Waals surface area contributed by atoms with Crippen LogP contribution in [0.4, 0.5) is 10.5 Å². The van der Waals surface area contributed by atoms with Crippen molar-refractivity contribution >= 4 is 39.5 Å². The summed E-state index contributed by atoms with van der Waals surface area (Å²) in [6.45, 7) is 2.54. The predicted molar refractivity (Wildman–Crippen MR) is 137 cm³/mol. The molecule has 1 aliphatic heterocycles. The van der Waals surface area contributed by atoms with Crippen molar-refractivity contribution in [2.45, 2.75) is 32.0 Å². The molecule has 174 valence electrons. The van der Waals surface area contributed by atoms with E-state index in [1.807, 2.05) is 85.8 Å². The van der Waals surface area contributed by atoms with Crippen LogP contribution in [0.5, 0.6) is 0 Å². The highest BCUT2D eigenvalue weighted by Gasteiger charge is 2.43. The third-order valence-electron chi connectivity index (χ3n) is 5.63. The van der Waals surface area contributed by atoms with Crippen LogP contribution in [0.1, 0.15) is 23.6 Å². The summed E-state index contributed by atoms with van der Waals surface area (Å²) >= 11 is 3.38. The zero-order chi connectivity index (χ0) is 24.1. The smallest absolute Gasteiger partial charge is 0.319 e. The quantitative estimate of drug-likeness (QED) is 0.430. The van der Waals surface area contributed by atoms with E-state index in [1.54, 1.807) is 0 Å². The minimum absolute atomic E-state index is 0.108. The summed E-state index contributed by atoms with van der Waals surface area (Å²) in [6, 6.07) is 24.6. The molecule has 1 atom stereocenters. The van der Waals surface area contributed by atoms with E-state index in [9.17, 15) is 9.59 Å². The number of anilines is 1. The van der Waals surface area contributed by atoms with Crippen molar-refractivity contribution in [3.63, 3.8) is 0 Å². The number of hydrogen-bond donors (Lipinski definition) is 3. The molecule has 4 N–H and O–H groups in total. The molecule has 0 aliphatic carbocycles. The van der Waals surface area contributed by atoms with E-state index < -0.39 is 5.54 Å². The summed E-state index contributed by atoms with van der Waals surface area (Å²) in [7, 11) is 0. The zero-order valence-electron chi connectivity index (χ0n) is 18.8. The van der Waals surface area contributed by atoms with Gasteiger partial charge in [0.1, 0.15) is 5.54 Å². The molecule has 0 saturated heterocycles. The van der Waals surface area contributed by atoms with Gasteiger partial charge < -0.3 is 16.4 Å². The summed E-state index contributed by atoms with van der Waals surface area (Å²) in [5.41, 5.74) is 8.84. The Kier molecular flexibility index (Phi) is 6.98. The molecular weight excluding hydrogens is 494 g/mol. The maximum absolute atomic E-state index is 13.1. The Hall–Kier alpha value is -3.65. The van der Waals surface area contributed by atoms with E-state index in [1.165, 1.54) is 4.90 Å². The lowest BCUT2D eigenvalue weighted by molar-refractivity contribution is -0.131. The number of halogens is 1. The van der Waals surface area contributed by atoms with Crippen molar-refractivity contribution in [1.82, 2.24) is 10.2 Å². The first-order valence-corrected chi connectivity index (χ1v) is 11.7. The van der Waals surface area contributed by atoms with Gasteiger partial charge in [-0.05, 0) is 41.8 Å². The Bertz CT molecular complexity index is 1210. The Morgan fingerprint density at radius 3 is 2.41 bits per heavy atom. The number of urea groups is 1. The van der Waals surface area contributed by atoms with Crippen LogP contribution < -0.4 is 16.4 Å². The fraction of sp³-hybridized carbons (Fsp3) is 0.192. The second-order valence-corrected chi connectivity index (χ2v) is 9.35. The Labute approximate surface area is 207 Å². The number of benzene rings is 3. The SMILES string of the molecule is CC1(Cc2ccccc2)N=C(N)N(Cc2ccc(CNC(=O)Nc3cccc(Br)c3)cc2)C1=O. The van der Waals surface area contributed by atoms with Gasteiger partial charge in [0.05, 0.1) is 6.54 Å². The highest BCUT2D eigenvalue weighted by molar-refractivity contribution is 9.10. The average molecular weight is 520 g/mol. The molecule has 0 radical (unpaired) electrons. The second kappa shape index (κ2) is 10.1. The normalized spacial score (nSPS) is 17.4. The van der Waals surface area contributed by atoms with E-state index in [4.69, 9.17) is 5.73 Å². The number of carbonyl (C=O) groups is 2. The standard InChI is InChI=1S/C26H26BrN5O2/c1-26(15-18-6-3-2-4-7-18)23(33)32(24(28)31-26)17-20-12-10-19(11-13-20)16-29-25(34)30-22-9-5-8-21(27)14-22/h2-14H,15-17H2,1H3,(H2,28,31)(H2,29,30,34). The maximum atomic E-state index is 13.1. The average Bonchev–Trinajstić information content (AvgIpc) is 3.02. The van der Waals surface area contributed by atoms with Crippen LogP contribution in [0, 0.1) is 0 Å². The minimum atomic E-state index is -0.906. The van der Waals surface area contributed by atoms with E-state index in [-0.39, 0.29) is 17.9 Å². The van der Waals surface area contributed by atoms with Crippen molar-refractivity contribution in [2.24, 2.45) is 10.7 Å². The van der Waals surface area contributed by atoms with Crippen molar-refractivity contribution in [2.75, 3.05) is 5.32 Å². The Morgan fingerprint density at radius 1 is 1.00 bits per heavy atom. The topological polar surface area (TPSA) is 99.8 Å². The van der Waals surface area contributed by atoms with Gasteiger partial charge in [0.15, 0.2) is 5.96 Å². The second-order valence-electron chi connectivity index (χ2n) is 8.43. The highest BCUT2D eigenvalue weighted by atomic mass is 79.9. The fourth-order valence-corrected chi connectivity index (χ4v) is 4.29. The molecule has 8 heteroatoms. The largest absolute Gasteiger partial charge is 0.369 e. The summed E-state index contributed by atoms with van der Waals surface area (Å²) in [6.07, 6.45) is 0.497. The number of nitrogens with two attached hydrogens (primary N) is 1. The first-order valence-electron chi connectivity index (χ1n) is 10.9. The van der Waals surface area contributed by atoms with E-state index >= 15 is 0 Å². The van der Waals surface area contributed by atoms with Crippen molar-refractivity contribution in [3.8, 4) is 0 Å². The molecule has 0 saturated carbocycles. The van der Waals surface area contributed by atoms with Crippen molar-refractivity contribution in [1.29, 1.82) is 0 Å². The van der Waals surface area contributed by atoms with Crippen LogP contribution in [0.15, 0.2) is 88.3 Å². The third kappa shape index (κ3) is 5.63. The molecule has 0 bridgehead atoms. The molecule has 1 heterocycles. The molecular formula is C26H26BrN5O2. The molecule has 3 amide bonds. The van der Waals surface area contributed by atoms with Crippen LogP contribution in [0.3, 0.4) is 0 Å². The van der Waals surface area contributed by atoms with Crippen LogP contribution >= 0.6 is 15.9 Å². The molecule has 0 aromatic heterocycles. The van der Waals surface area contributed by atoms with Crippen LogP contribution in [0.25, 0.3) is 0 Å². The van der Waals surface area contributed by atoms with Crippen molar-refractivity contribution < 1.29 is 9.59 Å². The van der Waals surface area contributed by atoms with Crippen LogP contribution in [0.2, 0.25) is 0 Å². The first kappa shape index (κ1) is 23.5. The molecule has 7 nitrogen and oxygen atoms in total. The molecule has 4 rings (SSSR count). The fourth-order valence-electron chi connectivity index (χ4n) is 3.89. The van der Waals surface area contributed by atoms with Crippen molar-refractivity contribution in [3.05, 3.63) is 100 Å². The maximum Gasteiger partial charge on any atom is 0.319 e. The highest BCUT2D eigenvalue weighted by Crippen LogP contribution is 2.27. The van der Waals surface area contributed by atoms with Gasteiger partial charge in [-0.1, -0.05) is 76.6 Å². The lowest BCUT2D eigenvalue weighted by Gasteiger charge is -2.22. The summed E-state index contributed by atoms with van der Waals surface area (Å²) in [5, 5.41) is 5.63. The van der Waals surface area contributed by atoms with Gasteiger partial charge in [-0.15, -0.1) is 0 Å². The zero-order valence-corrected chi connectivity index (χ0v) is 20.4. The molecule has 3 aromatic rings. The van der Waals surface area contributed by atoms with E-state index in [2.05, 4.69) is 31.6 Å². The van der Waals surface area contributed by atoms with Crippen LogP contribution in [-0.2, 0) is 24.3 Å². The van der Waals surface area contributed by atoms with Gasteiger partial charge >= 0.3 is 6.03 Å². The number of amides is 3. The van der Waals surface area contributed by atoms with E-state index in [0.717, 1.165) is 21.2 Å². The van der Waals surface area contributed by atoms with Crippen LogP contribution in [-0.4, -0.2) is 28.3 Å². The Morgan fingerprint density at radius 2 is 1.71 bits per heavy atom. The molecule has 1 aliphatic rings. The Balaban J connectivity index is 1.32. The minimum Gasteiger partial charge on any atom is -0.369 e. The number of carbonyl (C=O) groups excluding carboxylic acids is 2. The number of guanidine groups is 1. The number of hydrogen-bond acceptors (Lipinski definition) is 4. The predicted octanol–water partition coefficient (Wildman–Crippen LogP) is 4.43. The molecule has 0 fully saturated rings. The molecule has 3 aromatic carbocycles. The summed E-state index contributed by atoms with van der Waals surface area (Å²) in [4.78, 5) is 31.3. The number of rotatable bonds is 7. The number of nitrogens with one attached hydrogen (secondary N) is 2. The van der Waals surface area contributed by atoms with Gasteiger partial charge in [-0.25, -0.2) is 9.79 Å². The lowest BCUT2D eigenvalue weighted by atomic mass is 9.93. The van der Waals surface area contributed by atoms with Gasteiger partial charge in [0.25, 0.3) is 5.91 Å². The monoisotopic (exact) mass is 519 g/mol. The molecule has 34 heavy (non-hydrogen) atoms. The van der Waals surface area contributed by atoms with Gasteiger partial charge in [0, 0.05) is 23.1 Å². The van der Waals surface area contributed by atoms with E-state index in [0.29, 0.717) is 25.2 Å². The summed E-state index contributed by atoms with van der Waals surface area (Å²) < 4.78 is 0.892. The molecule has 0 spiro atoms. The van der Waals surface area contributed by atoms with Gasteiger partial charge in [-0.3, -0.25) is 9.69 Å². The number of aliphatic imine (C=N–C) groups is 1. The number of nitrogens with zero attached hydrogens (tertiary/aromatic N) is 2. The lowest BCUT2D eigenvalue weighted by Crippen LogP contribution is -2.43. The van der Waals surface area contributed by atoms with Gasteiger partial charge in [0.2, 0.25) is 0 Å². The summed E-state index contributed by atoms with van der Waals surface area (Å²) in [5.74, 6) is 0.127. The first-order chi connectivity index (χ1) is 16.3. The third-order valence-corrected chi connectivity index (χ3v) is 6.13. The molecule has 1 unspecified atom stereocenters. The van der Waals surface area contributed by atoms with Gasteiger partial charge in [-0.2, -0.15) is 0 Å².